The largest absolute Gasteiger partial charge is 0.485 e. The molecule has 0 saturated heterocycles. The molecule has 0 aliphatic carbocycles. The van der Waals surface area contributed by atoms with Crippen LogP contribution in [0.5, 0.6) is 11.5 Å². The van der Waals surface area contributed by atoms with Gasteiger partial charge >= 0.3 is 0 Å². The van der Waals surface area contributed by atoms with Gasteiger partial charge in [0.15, 0.2) is 11.5 Å². The maximum Gasteiger partial charge on any atom is 0.264 e. The Morgan fingerprint density at radius 1 is 1.15 bits per heavy atom. The molecule has 3 aromatic rings. The van der Waals surface area contributed by atoms with Gasteiger partial charge in [0, 0.05) is 10.4 Å². The van der Waals surface area contributed by atoms with E-state index in [1.807, 2.05) is 37.3 Å². The molecule has 0 saturated carbocycles. The number of para-hydroxylation sites is 2. The molecule has 5 nitrogen and oxygen atoms in total. The number of carbonyl (C=O) groups is 1. The lowest BCUT2D eigenvalue weighted by atomic mass is 10.1. The monoisotopic (exact) mass is 380 g/mol. The molecule has 6 heteroatoms. The molecule has 138 valence electrons. The molecular formula is C21H20N2O3S. The minimum Gasteiger partial charge on any atom is -0.485 e. The Kier molecular flexibility index (Phi) is 4.81. The second kappa shape index (κ2) is 7.40. The molecule has 0 bridgehead atoms. The maximum atomic E-state index is 12.5. The van der Waals surface area contributed by atoms with Crippen molar-refractivity contribution >= 4 is 17.2 Å². The van der Waals surface area contributed by atoms with Gasteiger partial charge in [-0.05, 0) is 31.5 Å². The minimum atomic E-state index is -0.649. The summed E-state index contributed by atoms with van der Waals surface area (Å²) in [5.41, 5.74) is 3.25. The Balaban J connectivity index is 1.42. The van der Waals surface area contributed by atoms with Gasteiger partial charge in [0.25, 0.3) is 5.91 Å². The number of rotatable bonds is 4. The van der Waals surface area contributed by atoms with E-state index in [2.05, 4.69) is 29.4 Å². The summed E-state index contributed by atoms with van der Waals surface area (Å²) in [6.07, 6.45) is -0.649. The van der Waals surface area contributed by atoms with E-state index < -0.39 is 6.10 Å². The first-order valence-electron chi connectivity index (χ1n) is 8.80. The number of nitrogens with zero attached hydrogens (tertiary/aromatic N) is 1. The zero-order valence-corrected chi connectivity index (χ0v) is 16.0. The van der Waals surface area contributed by atoms with Gasteiger partial charge in [-0.15, -0.1) is 11.3 Å². The topological polar surface area (TPSA) is 60.5 Å². The number of hydrogen-bond donors (Lipinski definition) is 1. The van der Waals surface area contributed by atoms with Gasteiger partial charge in [0.05, 0.1) is 12.2 Å². The maximum absolute atomic E-state index is 12.5. The molecule has 1 aliphatic heterocycles. The average Bonchev–Trinajstić information content (AvgIpc) is 3.06. The predicted molar refractivity (Wildman–Crippen MR) is 105 cm³/mol. The molecule has 2 aromatic carbocycles. The van der Waals surface area contributed by atoms with Crippen LogP contribution in [0, 0.1) is 13.8 Å². The summed E-state index contributed by atoms with van der Waals surface area (Å²) >= 11 is 1.61. The van der Waals surface area contributed by atoms with Gasteiger partial charge in [-0.1, -0.05) is 36.4 Å². The fourth-order valence-corrected chi connectivity index (χ4v) is 4.04. The number of fused-ring (bicyclic) bond motifs is 1. The molecule has 4 rings (SSSR count). The van der Waals surface area contributed by atoms with Crippen molar-refractivity contribution in [1.29, 1.82) is 0 Å². The normalized spacial score (nSPS) is 15.4. The van der Waals surface area contributed by atoms with E-state index >= 15 is 0 Å². The number of carbonyl (C=O) groups excluding carboxylic acids is 1. The summed E-state index contributed by atoms with van der Waals surface area (Å²) in [7, 11) is 0. The molecule has 1 N–H and O–H groups in total. The third-order valence-electron chi connectivity index (χ3n) is 4.49. The number of amides is 1. The molecule has 1 aliphatic rings. The number of hydrogen-bond acceptors (Lipinski definition) is 5. The van der Waals surface area contributed by atoms with E-state index in [9.17, 15) is 4.79 Å². The SMILES string of the molecule is Cc1ccccc1-c1nc(C)c(CNC(=O)[C@H]2COc3ccccc3O2)s1. The number of benzene rings is 2. The fourth-order valence-electron chi connectivity index (χ4n) is 2.95. The Labute approximate surface area is 162 Å². The Morgan fingerprint density at radius 2 is 1.89 bits per heavy atom. The van der Waals surface area contributed by atoms with Crippen molar-refractivity contribution in [3.05, 3.63) is 64.7 Å². The molecule has 27 heavy (non-hydrogen) atoms. The molecule has 1 aromatic heterocycles. The van der Waals surface area contributed by atoms with Crippen molar-refractivity contribution in [3.63, 3.8) is 0 Å². The summed E-state index contributed by atoms with van der Waals surface area (Å²) in [5.74, 6) is 1.08. The molecular weight excluding hydrogens is 360 g/mol. The summed E-state index contributed by atoms with van der Waals surface area (Å²) in [4.78, 5) is 18.2. The molecule has 0 spiro atoms. The highest BCUT2D eigenvalue weighted by Crippen LogP contribution is 2.32. The number of nitrogens with one attached hydrogen (secondary N) is 1. The van der Waals surface area contributed by atoms with Crippen LogP contribution in [-0.2, 0) is 11.3 Å². The molecule has 2 heterocycles. The molecule has 0 unspecified atom stereocenters. The highest BCUT2D eigenvalue weighted by molar-refractivity contribution is 7.15. The van der Waals surface area contributed by atoms with Crippen LogP contribution in [0.4, 0.5) is 0 Å². The Morgan fingerprint density at radius 3 is 2.70 bits per heavy atom. The Bertz CT molecular complexity index is 983. The summed E-state index contributed by atoms with van der Waals surface area (Å²) in [5, 5.41) is 3.92. The van der Waals surface area contributed by atoms with Crippen molar-refractivity contribution in [3.8, 4) is 22.1 Å². The zero-order chi connectivity index (χ0) is 18.8. The summed E-state index contributed by atoms with van der Waals surface area (Å²) in [6, 6.07) is 15.5. The minimum absolute atomic E-state index is 0.185. The smallest absolute Gasteiger partial charge is 0.264 e. The second-order valence-corrected chi connectivity index (χ2v) is 7.51. The molecule has 0 fully saturated rings. The summed E-state index contributed by atoms with van der Waals surface area (Å²) in [6.45, 7) is 4.68. The molecule has 1 atom stereocenters. The van der Waals surface area contributed by atoms with Crippen LogP contribution in [0.1, 0.15) is 16.1 Å². The van der Waals surface area contributed by atoms with E-state index in [0.29, 0.717) is 18.0 Å². The quantitative estimate of drug-likeness (QED) is 0.746. The fraction of sp³-hybridized carbons (Fsp3) is 0.238. The van der Waals surface area contributed by atoms with Gasteiger partial charge in [0.1, 0.15) is 11.6 Å². The van der Waals surface area contributed by atoms with Crippen molar-refractivity contribution in [1.82, 2.24) is 10.3 Å². The average molecular weight is 380 g/mol. The third kappa shape index (κ3) is 3.66. The first-order valence-corrected chi connectivity index (χ1v) is 9.62. The van der Waals surface area contributed by atoms with Crippen LogP contribution >= 0.6 is 11.3 Å². The first-order chi connectivity index (χ1) is 13.1. The van der Waals surface area contributed by atoms with Crippen molar-refractivity contribution < 1.29 is 14.3 Å². The van der Waals surface area contributed by atoms with E-state index in [1.54, 1.807) is 17.4 Å². The van der Waals surface area contributed by atoms with Gasteiger partial charge in [0.2, 0.25) is 6.10 Å². The van der Waals surface area contributed by atoms with Crippen molar-refractivity contribution in [2.24, 2.45) is 0 Å². The Hall–Kier alpha value is -2.86. The second-order valence-electron chi connectivity index (χ2n) is 6.42. The van der Waals surface area contributed by atoms with Crippen LogP contribution in [-0.4, -0.2) is 23.6 Å². The van der Waals surface area contributed by atoms with Crippen LogP contribution in [0.3, 0.4) is 0 Å². The lowest BCUT2D eigenvalue weighted by molar-refractivity contribution is -0.130. The number of thiazole rings is 1. The van der Waals surface area contributed by atoms with E-state index in [-0.39, 0.29) is 12.5 Å². The summed E-state index contributed by atoms with van der Waals surface area (Å²) < 4.78 is 11.4. The number of aryl methyl sites for hydroxylation is 2. The third-order valence-corrected chi connectivity index (χ3v) is 5.68. The van der Waals surface area contributed by atoms with Crippen LogP contribution in [0.25, 0.3) is 10.6 Å². The number of ether oxygens (including phenoxy) is 2. The van der Waals surface area contributed by atoms with Gasteiger partial charge in [-0.2, -0.15) is 0 Å². The highest BCUT2D eigenvalue weighted by Gasteiger charge is 2.27. The lowest BCUT2D eigenvalue weighted by Gasteiger charge is -2.25. The van der Waals surface area contributed by atoms with E-state index in [1.165, 1.54) is 5.56 Å². The zero-order valence-electron chi connectivity index (χ0n) is 15.2. The molecule has 1 amide bonds. The van der Waals surface area contributed by atoms with Crippen molar-refractivity contribution in [2.75, 3.05) is 6.61 Å². The van der Waals surface area contributed by atoms with Crippen LogP contribution < -0.4 is 14.8 Å². The standard InChI is InChI=1S/C21H20N2O3S/c1-13-7-3-4-8-15(13)21-23-14(2)19(27-21)11-22-20(24)18-12-25-16-9-5-6-10-17(16)26-18/h3-10,18H,11-12H2,1-2H3,(H,22,24)/t18-/m1/s1. The number of aromatic nitrogens is 1. The lowest BCUT2D eigenvalue weighted by Crippen LogP contribution is -2.43. The highest BCUT2D eigenvalue weighted by atomic mass is 32.1. The molecule has 0 radical (unpaired) electrons. The first kappa shape index (κ1) is 17.5. The van der Waals surface area contributed by atoms with E-state index in [4.69, 9.17) is 9.47 Å². The van der Waals surface area contributed by atoms with Gasteiger partial charge in [-0.25, -0.2) is 4.98 Å². The van der Waals surface area contributed by atoms with Gasteiger partial charge in [-0.3, -0.25) is 4.79 Å². The van der Waals surface area contributed by atoms with E-state index in [0.717, 1.165) is 21.1 Å². The van der Waals surface area contributed by atoms with Gasteiger partial charge < -0.3 is 14.8 Å². The van der Waals surface area contributed by atoms with Crippen molar-refractivity contribution in [2.45, 2.75) is 26.5 Å². The predicted octanol–water partition coefficient (Wildman–Crippen LogP) is 3.88. The van der Waals surface area contributed by atoms with Crippen LogP contribution in [0.2, 0.25) is 0 Å². The van der Waals surface area contributed by atoms with Crippen LogP contribution in [0.15, 0.2) is 48.5 Å².